The van der Waals surface area contributed by atoms with Gasteiger partial charge in [0, 0.05) is 44.9 Å². The Morgan fingerprint density at radius 3 is 2.67 bits per heavy atom. The van der Waals surface area contributed by atoms with E-state index in [4.69, 9.17) is 0 Å². The molecule has 2 saturated heterocycles. The van der Waals surface area contributed by atoms with Gasteiger partial charge in [0.15, 0.2) is 0 Å². The predicted molar refractivity (Wildman–Crippen MR) is 102 cm³/mol. The van der Waals surface area contributed by atoms with Gasteiger partial charge in [-0.05, 0) is 55.8 Å². The highest BCUT2D eigenvalue weighted by Gasteiger charge is 2.35. The number of nitrogens with zero attached hydrogens (tertiary/aromatic N) is 4. The summed E-state index contributed by atoms with van der Waals surface area (Å²) in [7, 11) is 0. The lowest BCUT2D eigenvalue weighted by atomic mass is 9.83. The molecule has 4 rings (SSSR count). The van der Waals surface area contributed by atoms with E-state index in [1.165, 1.54) is 18.4 Å². The number of pyridine rings is 1. The number of carbonyl (C=O) groups excluding carboxylic acids is 2. The predicted octanol–water partition coefficient (Wildman–Crippen LogP) is 1.41. The molecule has 3 aliphatic rings. The highest BCUT2D eigenvalue weighted by atomic mass is 16.2. The van der Waals surface area contributed by atoms with Crippen molar-refractivity contribution >= 4 is 17.5 Å². The average molecular weight is 369 g/mol. The van der Waals surface area contributed by atoms with Gasteiger partial charge in [-0.25, -0.2) is 5.43 Å². The molecule has 1 aromatic heterocycles. The molecule has 7 nitrogen and oxygen atoms in total. The van der Waals surface area contributed by atoms with E-state index in [1.54, 1.807) is 0 Å². The minimum absolute atomic E-state index is 0.00603. The van der Waals surface area contributed by atoms with Crippen molar-refractivity contribution in [2.75, 3.05) is 26.2 Å². The van der Waals surface area contributed by atoms with Gasteiger partial charge in [-0.15, -0.1) is 0 Å². The molecular weight excluding hydrogens is 342 g/mol. The van der Waals surface area contributed by atoms with E-state index in [-0.39, 0.29) is 11.8 Å². The van der Waals surface area contributed by atoms with E-state index in [0.29, 0.717) is 30.4 Å². The molecule has 2 fully saturated rings. The van der Waals surface area contributed by atoms with E-state index in [0.717, 1.165) is 39.1 Å². The number of hydrogen-bond acceptors (Lipinski definition) is 5. The number of piperidine rings is 1. The molecule has 0 bridgehead atoms. The van der Waals surface area contributed by atoms with Gasteiger partial charge in [-0.2, -0.15) is 5.10 Å². The number of carbonyl (C=O) groups is 2. The Morgan fingerprint density at radius 1 is 1.15 bits per heavy atom. The normalized spacial score (nSPS) is 24.6. The third-order valence-electron chi connectivity index (χ3n) is 6.09. The van der Waals surface area contributed by atoms with Gasteiger partial charge < -0.3 is 4.90 Å². The Bertz CT molecular complexity index is 712. The first kappa shape index (κ1) is 18.1. The molecule has 2 amide bonds. The van der Waals surface area contributed by atoms with Gasteiger partial charge >= 0.3 is 0 Å². The third kappa shape index (κ3) is 4.35. The maximum absolute atomic E-state index is 12.6. The van der Waals surface area contributed by atoms with Crippen molar-refractivity contribution in [1.82, 2.24) is 20.2 Å². The lowest BCUT2D eigenvalue weighted by Gasteiger charge is -2.34. The van der Waals surface area contributed by atoms with Crippen molar-refractivity contribution in [3.8, 4) is 0 Å². The second kappa shape index (κ2) is 8.17. The van der Waals surface area contributed by atoms with Gasteiger partial charge in [0.1, 0.15) is 5.71 Å². The van der Waals surface area contributed by atoms with Crippen molar-refractivity contribution in [3.63, 3.8) is 0 Å². The van der Waals surface area contributed by atoms with Gasteiger partial charge in [0.05, 0.1) is 0 Å². The van der Waals surface area contributed by atoms with Crippen LogP contribution in [0, 0.1) is 11.8 Å². The smallest absolute Gasteiger partial charge is 0.270 e. The van der Waals surface area contributed by atoms with Crippen LogP contribution in [0.25, 0.3) is 0 Å². The van der Waals surface area contributed by atoms with E-state index in [1.807, 2.05) is 23.4 Å². The van der Waals surface area contributed by atoms with Crippen LogP contribution in [0.1, 0.15) is 37.7 Å². The molecule has 0 spiro atoms. The Labute approximate surface area is 159 Å². The topological polar surface area (TPSA) is 77.9 Å². The van der Waals surface area contributed by atoms with Crippen molar-refractivity contribution in [1.29, 1.82) is 0 Å². The van der Waals surface area contributed by atoms with Crippen LogP contribution in [0.4, 0.5) is 0 Å². The zero-order valence-electron chi connectivity index (χ0n) is 15.6. The first-order chi connectivity index (χ1) is 13.2. The zero-order chi connectivity index (χ0) is 18.6. The Hall–Kier alpha value is -2.28. The van der Waals surface area contributed by atoms with E-state index >= 15 is 0 Å². The van der Waals surface area contributed by atoms with Crippen LogP contribution in [-0.4, -0.2) is 58.5 Å². The highest BCUT2D eigenvalue weighted by molar-refractivity contribution is 6.39. The maximum atomic E-state index is 12.6. The number of nitrogens with one attached hydrogen (secondary N) is 1. The lowest BCUT2D eigenvalue weighted by Crippen LogP contribution is -2.40. The molecule has 1 aromatic rings. The van der Waals surface area contributed by atoms with Crippen molar-refractivity contribution in [2.24, 2.45) is 16.9 Å². The van der Waals surface area contributed by atoms with Crippen LogP contribution in [0.5, 0.6) is 0 Å². The minimum Gasteiger partial charge on any atom is -0.337 e. The van der Waals surface area contributed by atoms with Crippen molar-refractivity contribution in [2.45, 2.75) is 38.6 Å². The number of hydrazone groups is 1. The fourth-order valence-corrected chi connectivity index (χ4v) is 4.50. The maximum Gasteiger partial charge on any atom is 0.270 e. The van der Waals surface area contributed by atoms with E-state index in [9.17, 15) is 9.59 Å². The summed E-state index contributed by atoms with van der Waals surface area (Å²) in [5.74, 6) is 1.18. The standard InChI is InChI=1S/C20H27N5O2/c26-19-4-3-18(22-23-19)20(27)25-11-7-17(14-25)16-5-9-24(10-6-16)13-15-2-1-8-21-12-15/h1-2,8,12,16-17H,3-7,9-11,13-14H2,(H,23,26)/t17-/m1/s1. The summed E-state index contributed by atoms with van der Waals surface area (Å²) < 4.78 is 0. The van der Waals surface area contributed by atoms with Gasteiger partial charge in [-0.3, -0.25) is 19.5 Å². The van der Waals surface area contributed by atoms with Crippen molar-refractivity contribution < 1.29 is 9.59 Å². The minimum atomic E-state index is -0.108. The Balaban J connectivity index is 1.25. The molecule has 1 atom stereocenters. The van der Waals surface area contributed by atoms with Crippen LogP contribution in [0.15, 0.2) is 29.6 Å². The SMILES string of the molecule is O=C1CCC(C(=O)N2CC[C@@H](C3CCN(Cc4cccnc4)CC3)C2)=NN1. The number of amides is 2. The summed E-state index contributed by atoms with van der Waals surface area (Å²) in [6.07, 6.45) is 8.06. The molecule has 1 N–H and O–H groups in total. The molecule has 144 valence electrons. The molecule has 0 radical (unpaired) electrons. The second-order valence-electron chi connectivity index (χ2n) is 7.87. The van der Waals surface area contributed by atoms with Gasteiger partial charge in [-0.1, -0.05) is 6.07 Å². The lowest BCUT2D eigenvalue weighted by molar-refractivity contribution is -0.124. The molecule has 0 aromatic carbocycles. The van der Waals surface area contributed by atoms with Crippen LogP contribution < -0.4 is 5.43 Å². The molecule has 0 unspecified atom stereocenters. The summed E-state index contributed by atoms with van der Waals surface area (Å²) in [6, 6.07) is 4.13. The van der Waals surface area contributed by atoms with Crippen LogP contribution in [0.3, 0.4) is 0 Å². The highest BCUT2D eigenvalue weighted by Crippen LogP contribution is 2.32. The quantitative estimate of drug-likeness (QED) is 0.870. The summed E-state index contributed by atoms with van der Waals surface area (Å²) in [5, 5.41) is 3.96. The largest absolute Gasteiger partial charge is 0.337 e. The van der Waals surface area contributed by atoms with Crippen molar-refractivity contribution in [3.05, 3.63) is 30.1 Å². The molecular formula is C20H27N5O2. The zero-order valence-corrected chi connectivity index (χ0v) is 15.6. The summed E-state index contributed by atoms with van der Waals surface area (Å²) in [5.41, 5.74) is 4.20. The number of hydrogen-bond donors (Lipinski definition) is 1. The second-order valence-corrected chi connectivity index (χ2v) is 7.87. The summed E-state index contributed by atoms with van der Waals surface area (Å²) in [6.45, 7) is 4.85. The van der Waals surface area contributed by atoms with Crippen LogP contribution in [-0.2, 0) is 16.1 Å². The molecule has 27 heavy (non-hydrogen) atoms. The van der Waals surface area contributed by atoms with E-state index in [2.05, 4.69) is 26.5 Å². The average Bonchev–Trinajstić information content (AvgIpc) is 3.20. The van der Waals surface area contributed by atoms with E-state index < -0.39 is 0 Å². The number of likely N-dealkylation sites (tertiary alicyclic amines) is 2. The monoisotopic (exact) mass is 369 g/mol. The summed E-state index contributed by atoms with van der Waals surface area (Å²) >= 11 is 0. The Morgan fingerprint density at radius 2 is 1.96 bits per heavy atom. The summed E-state index contributed by atoms with van der Waals surface area (Å²) in [4.78, 5) is 32.5. The first-order valence-electron chi connectivity index (χ1n) is 9.95. The molecule has 0 saturated carbocycles. The van der Waals surface area contributed by atoms with Crippen LogP contribution >= 0.6 is 0 Å². The Kier molecular flexibility index (Phi) is 5.48. The fourth-order valence-electron chi connectivity index (χ4n) is 4.50. The van der Waals surface area contributed by atoms with Gasteiger partial charge in [0.25, 0.3) is 5.91 Å². The number of aromatic nitrogens is 1. The van der Waals surface area contributed by atoms with Gasteiger partial charge in [0.2, 0.25) is 5.91 Å². The first-order valence-corrected chi connectivity index (χ1v) is 9.95. The molecule has 3 aliphatic heterocycles. The third-order valence-corrected chi connectivity index (χ3v) is 6.09. The molecule has 7 heteroatoms. The van der Waals surface area contributed by atoms with Crippen LogP contribution in [0.2, 0.25) is 0 Å². The molecule has 4 heterocycles. The fraction of sp³-hybridized carbons (Fsp3) is 0.600. The molecule has 0 aliphatic carbocycles. The number of rotatable bonds is 4.